The summed E-state index contributed by atoms with van der Waals surface area (Å²) in [7, 11) is 0. The number of ether oxygens (including phenoxy) is 1. The molecule has 17 heteroatoms. The molecule has 0 unspecified atom stereocenters. The predicted octanol–water partition coefficient (Wildman–Crippen LogP) is 8.49. The average molecular weight is 782 g/mol. The van der Waals surface area contributed by atoms with Crippen molar-refractivity contribution in [1.29, 1.82) is 0 Å². The van der Waals surface area contributed by atoms with E-state index in [1.54, 1.807) is 10.2 Å². The molecule has 55 heavy (non-hydrogen) atoms. The van der Waals surface area contributed by atoms with Crippen molar-refractivity contribution in [3.63, 3.8) is 0 Å². The van der Waals surface area contributed by atoms with Crippen molar-refractivity contribution in [3.8, 4) is 11.3 Å². The van der Waals surface area contributed by atoms with E-state index in [1.807, 2.05) is 0 Å². The lowest BCUT2D eigenvalue weighted by atomic mass is 9.94. The molecule has 1 N–H and O–H groups in total. The van der Waals surface area contributed by atoms with Crippen LogP contribution in [0.2, 0.25) is 0 Å². The summed E-state index contributed by atoms with van der Waals surface area (Å²) in [4.78, 5) is 36.1. The minimum absolute atomic E-state index is 0.0636. The first-order valence-corrected chi connectivity index (χ1v) is 17.5. The molecule has 1 atom stereocenters. The number of halogens is 9. The summed E-state index contributed by atoms with van der Waals surface area (Å²) in [5, 5.41) is 1.51. The molecule has 0 spiro atoms. The number of hydrogen-bond acceptors (Lipinski definition) is 6. The summed E-state index contributed by atoms with van der Waals surface area (Å²) in [6, 6.07) is 11.6. The van der Waals surface area contributed by atoms with E-state index < -0.39 is 59.7 Å². The van der Waals surface area contributed by atoms with Crippen LogP contribution in [0.15, 0.2) is 72.8 Å². The molecule has 0 bridgehead atoms. The second-order valence-corrected chi connectivity index (χ2v) is 13.3. The van der Waals surface area contributed by atoms with Crippen LogP contribution in [0.4, 0.5) is 50.9 Å². The quantitative estimate of drug-likeness (QED) is 0.181. The molecular formula is C38H36F9N5O3. The molecule has 0 aliphatic carbocycles. The summed E-state index contributed by atoms with van der Waals surface area (Å²) in [5.41, 5.74) is -2.60. The lowest BCUT2D eigenvalue weighted by Gasteiger charge is -2.42. The number of hydrogen-bond donors (Lipinski definition) is 1. The lowest BCUT2D eigenvalue weighted by molar-refractivity contribution is -0.178. The van der Waals surface area contributed by atoms with Crippen LogP contribution in [0, 0.1) is 0 Å². The molecule has 2 fully saturated rings. The number of morpholine rings is 1. The van der Waals surface area contributed by atoms with Gasteiger partial charge in [0, 0.05) is 55.4 Å². The number of piperidine rings is 1. The van der Waals surface area contributed by atoms with Gasteiger partial charge in [-0.05, 0) is 55.7 Å². The smallest absolute Gasteiger partial charge is 0.379 e. The van der Waals surface area contributed by atoms with Gasteiger partial charge in [-0.3, -0.25) is 14.5 Å². The maximum Gasteiger partial charge on any atom is 0.471 e. The maximum absolute atomic E-state index is 15.0. The minimum atomic E-state index is -5.30. The second-order valence-electron chi connectivity index (χ2n) is 13.3. The number of aromatic nitrogens is 1. The number of carbonyl (C=O) groups is 2. The van der Waals surface area contributed by atoms with E-state index in [4.69, 9.17) is 4.74 Å². The third kappa shape index (κ3) is 8.67. The van der Waals surface area contributed by atoms with Crippen molar-refractivity contribution in [2.24, 2.45) is 0 Å². The fourth-order valence-electron chi connectivity index (χ4n) is 7.27. The van der Waals surface area contributed by atoms with Gasteiger partial charge in [-0.1, -0.05) is 42.5 Å². The molecule has 6 rings (SSSR count). The largest absolute Gasteiger partial charge is 0.471 e. The zero-order valence-corrected chi connectivity index (χ0v) is 29.4. The Labute approximate surface area is 309 Å². The van der Waals surface area contributed by atoms with Gasteiger partial charge in [0.2, 0.25) is 0 Å². The van der Waals surface area contributed by atoms with Gasteiger partial charge in [0.1, 0.15) is 0 Å². The van der Waals surface area contributed by atoms with E-state index in [2.05, 4.69) is 9.88 Å². The fourth-order valence-corrected chi connectivity index (χ4v) is 7.27. The van der Waals surface area contributed by atoms with E-state index in [9.17, 15) is 31.1 Å². The molecule has 3 heterocycles. The normalized spacial score (nSPS) is 16.9. The zero-order valence-electron chi connectivity index (χ0n) is 29.4. The second kappa shape index (κ2) is 15.7. The topological polar surface area (TPSA) is 78.0 Å². The third-order valence-corrected chi connectivity index (χ3v) is 9.83. The van der Waals surface area contributed by atoms with Crippen molar-refractivity contribution in [1.82, 2.24) is 14.8 Å². The molecule has 2 saturated heterocycles. The summed E-state index contributed by atoms with van der Waals surface area (Å²) in [5.74, 6) is -3.53. The van der Waals surface area contributed by atoms with E-state index in [0.717, 1.165) is 36.4 Å². The van der Waals surface area contributed by atoms with Gasteiger partial charge >= 0.3 is 24.4 Å². The number of rotatable bonds is 8. The molecule has 2 amide bonds. The molecule has 2 aliphatic rings. The monoisotopic (exact) mass is 781 g/mol. The summed E-state index contributed by atoms with van der Waals surface area (Å²) >= 11 is 0. The van der Waals surface area contributed by atoms with Crippen LogP contribution in [0.1, 0.15) is 47.3 Å². The highest BCUT2D eigenvalue weighted by molar-refractivity contribution is 6.14. The van der Waals surface area contributed by atoms with Crippen LogP contribution < -0.4 is 10.2 Å². The van der Waals surface area contributed by atoms with E-state index in [1.165, 1.54) is 43.3 Å². The highest BCUT2D eigenvalue weighted by Crippen LogP contribution is 2.44. The van der Waals surface area contributed by atoms with E-state index in [-0.39, 0.29) is 52.5 Å². The average Bonchev–Trinajstić information content (AvgIpc) is 3.15. The number of amides is 2. The number of benzene rings is 3. The lowest BCUT2D eigenvalue weighted by Crippen LogP contribution is -2.49. The van der Waals surface area contributed by atoms with Gasteiger partial charge in [0.25, 0.3) is 5.91 Å². The maximum atomic E-state index is 15.0. The van der Waals surface area contributed by atoms with Crippen LogP contribution in [0.25, 0.3) is 22.2 Å². The zero-order chi connectivity index (χ0) is 39.7. The standard InChI is InChI=1S/C38H36F9N5O3/c1-2-52(33(37(42,43)44)23-7-4-3-5-8-23)34(53)30-28-22-26(48-35(54)38(45,46)47)11-12-29(28)49-31(24-9-6-10-25(21-24)36(39,40)41)32(30)51-15-13-27(14-16-51)50-17-19-55-20-18-50/h3-12,21-22,27,33H,2,13-20H2,1H3,(H,48,54)/t33-/m1/s1. The first kappa shape index (κ1) is 39.8. The van der Waals surface area contributed by atoms with Crippen LogP contribution >= 0.6 is 0 Å². The Morgan fingerprint density at radius 1 is 0.873 bits per heavy atom. The molecule has 1 aromatic heterocycles. The predicted molar refractivity (Wildman–Crippen MR) is 186 cm³/mol. The van der Waals surface area contributed by atoms with E-state index in [0.29, 0.717) is 44.0 Å². The number of anilines is 2. The van der Waals surface area contributed by atoms with Crippen LogP contribution in [0.3, 0.4) is 0 Å². The van der Waals surface area contributed by atoms with Crippen molar-refractivity contribution >= 4 is 34.1 Å². The Morgan fingerprint density at radius 3 is 2.15 bits per heavy atom. The Morgan fingerprint density at radius 2 is 1.55 bits per heavy atom. The van der Waals surface area contributed by atoms with Gasteiger partial charge < -0.3 is 19.9 Å². The molecule has 294 valence electrons. The highest BCUT2D eigenvalue weighted by atomic mass is 19.4. The minimum Gasteiger partial charge on any atom is -0.379 e. The number of nitrogens with one attached hydrogen (secondary N) is 1. The first-order chi connectivity index (χ1) is 26.0. The van der Waals surface area contributed by atoms with Crippen LogP contribution in [-0.4, -0.2) is 90.9 Å². The van der Waals surface area contributed by atoms with Crippen LogP contribution in [-0.2, 0) is 15.7 Å². The molecule has 0 radical (unpaired) electrons. The van der Waals surface area contributed by atoms with Crippen molar-refractivity contribution in [2.45, 2.75) is 50.4 Å². The Kier molecular flexibility index (Phi) is 11.3. The number of alkyl halides is 9. The SMILES string of the molecule is CCN(C(=O)c1c(N2CCC(N3CCOCC3)CC2)c(-c2cccc(C(F)(F)F)c2)nc2ccc(NC(=O)C(F)(F)F)cc12)[C@H](c1ccccc1)C(F)(F)F. The number of pyridine rings is 1. The van der Waals surface area contributed by atoms with Gasteiger partial charge in [-0.2, -0.15) is 39.5 Å². The number of carbonyl (C=O) groups excluding carboxylic acids is 2. The fraction of sp³-hybridized carbons (Fsp3) is 0.395. The van der Waals surface area contributed by atoms with Gasteiger partial charge in [-0.15, -0.1) is 0 Å². The molecule has 4 aromatic rings. The Hall–Kier alpha value is -4.90. The summed E-state index contributed by atoms with van der Waals surface area (Å²) < 4.78 is 133. The molecule has 3 aromatic carbocycles. The van der Waals surface area contributed by atoms with Gasteiger partial charge in [-0.25, -0.2) is 4.98 Å². The molecule has 2 aliphatic heterocycles. The van der Waals surface area contributed by atoms with Crippen LogP contribution in [0.5, 0.6) is 0 Å². The number of fused-ring (bicyclic) bond motifs is 1. The summed E-state index contributed by atoms with van der Waals surface area (Å²) in [6.45, 7) is 3.63. The van der Waals surface area contributed by atoms with Crippen molar-refractivity contribution in [3.05, 3.63) is 89.5 Å². The van der Waals surface area contributed by atoms with Gasteiger partial charge in [0.15, 0.2) is 6.04 Å². The van der Waals surface area contributed by atoms with Crippen molar-refractivity contribution in [2.75, 3.05) is 56.2 Å². The first-order valence-electron chi connectivity index (χ1n) is 17.5. The molecular weight excluding hydrogens is 745 g/mol. The Bertz CT molecular complexity index is 2010. The van der Waals surface area contributed by atoms with Gasteiger partial charge in [0.05, 0.1) is 41.2 Å². The molecule has 8 nitrogen and oxygen atoms in total. The summed E-state index contributed by atoms with van der Waals surface area (Å²) in [6.07, 6.45) is -14.1. The number of nitrogens with zero attached hydrogens (tertiary/aromatic N) is 4. The molecule has 0 saturated carbocycles. The third-order valence-electron chi connectivity index (χ3n) is 9.83. The van der Waals surface area contributed by atoms with E-state index >= 15 is 18.0 Å². The highest BCUT2D eigenvalue weighted by Gasteiger charge is 2.47. The Balaban J connectivity index is 1.61. The van der Waals surface area contributed by atoms with Crippen molar-refractivity contribution < 1.29 is 53.8 Å².